The number of fused-ring (bicyclic) bond motifs is 1. The number of quaternary nitrogens is 1. The number of aromatic nitrogens is 4. The number of aryl methyl sites for hydroxylation is 1. The van der Waals surface area contributed by atoms with Gasteiger partial charge in [0.25, 0.3) is 5.56 Å². The van der Waals surface area contributed by atoms with Gasteiger partial charge in [-0.05, 0) is 6.92 Å². The van der Waals surface area contributed by atoms with E-state index in [1.807, 2.05) is 0 Å². The van der Waals surface area contributed by atoms with Crippen molar-refractivity contribution >= 4 is 34.6 Å². The highest BCUT2D eigenvalue weighted by Gasteiger charge is 2.34. The third-order valence-electron chi connectivity index (χ3n) is 5.52. The highest BCUT2D eigenvalue weighted by molar-refractivity contribution is 6.02. The Morgan fingerprint density at radius 3 is 2.63 bits per heavy atom. The minimum atomic E-state index is -4.84. The van der Waals surface area contributed by atoms with E-state index in [1.165, 1.54) is 30.2 Å². The molecule has 5 N–H and O–H groups in total. The van der Waals surface area contributed by atoms with Gasteiger partial charge in [0.2, 0.25) is 5.95 Å². The van der Waals surface area contributed by atoms with E-state index in [0.717, 1.165) is 0 Å². The number of ether oxygens (including phenoxy) is 1. The number of alkyl halides is 3. The average molecular weight is 495 g/mol. The van der Waals surface area contributed by atoms with Crippen molar-refractivity contribution in [3.63, 3.8) is 0 Å². The number of morpholine rings is 1. The smallest absolute Gasteiger partial charge is 0.404 e. The lowest BCUT2D eigenvalue weighted by Crippen LogP contribution is -2.76. The van der Waals surface area contributed by atoms with Crippen molar-refractivity contribution in [1.29, 1.82) is 5.41 Å². The molecule has 0 saturated carbocycles. The van der Waals surface area contributed by atoms with Crippen molar-refractivity contribution in [3.8, 4) is 0 Å². The van der Waals surface area contributed by atoms with Crippen LogP contribution in [0.25, 0.3) is 16.7 Å². The lowest BCUT2D eigenvalue weighted by Gasteiger charge is -2.33. The average Bonchev–Trinajstić information content (AvgIpc) is 2.83. The number of halogens is 3. The Morgan fingerprint density at radius 2 is 2.03 bits per heavy atom. The molecule has 1 aliphatic rings. The van der Waals surface area contributed by atoms with Crippen LogP contribution < -0.4 is 21.5 Å². The quantitative estimate of drug-likeness (QED) is 0.474. The van der Waals surface area contributed by atoms with Crippen LogP contribution in [0.1, 0.15) is 11.5 Å². The number of nitrogens with zero attached hydrogens (tertiary/aromatic N) is 6. The number of hydrogen-bond donors (Lipinski definition) is 3. The molecule has 0 aliphatic carbocycles. The summed E-state index contributed by atoms with van der Waals surface area (Å²) in [5.41, 5.74) is 4.34. The van der Waals surface area contributed by atoms with Crippen LogP contribution in [0.2, 0.25) is 0 Å². The van der Waals surface area contributed by atoms with E-state index in [0.29, 0.717) is 30.6 Å². The normalized spacial score (nSPS) is 18.0. The largest absolute Gasteiger partial charge is 0.432 e. The first-order valence-corrected chi connectivity index (χ1v) is 10.6. The van der Waals surface area contributed by atoms with E-state index in [-0.39, 0.29) is 34.9 Å². The van der Waals surface area contributed by atoms with Crippen LogP contribution in [-0.2, 0) is 11.8 Å². The SMILES string of the molecule is CN=C/C(=C\N)C1CN(c2nc(/C(=C/C(=N)C(F)(F)F)[NH2+]C)c3nc(C)n(C)c(=O)c3n2)CCO1. The van der Waals surface area contributed by atoms with Crippen LogP contribution >= 0.6 is 0 Å². The highest BCUT2D eigenvalue weighted by atomic mass is 19.4. The van der Waals surface area contributed by atoms with Crippen molar-refractivity contribution in [2.24, 2.45) is 17.8 Å². The summed E-state index contributed by atoms with van der Waals surface area (Å²) in [7, 11) is 4.64. The lowest BCUT2D eigenvalue weighted by atomic mass is 10.1. The number of allylic oxidation sites excluding steroid dienone is 1. The predicted octanol–water partition coefficient (Wildman–Crippen LogP) is -0.104. The first-order valence-electron chi connectivity index (χ1n) is 10.6. The summed E-state index contributed by atoms with van der Waals surface area (Å²) in [4.78, 5) is 32.1. The topological polar surface area (TPSA) is 152 Å². The van der Waals surface area contributed by atoms with Crippen LogP contribution in [0.15, 0.2) is 27.6 Å². The van der Waals surface area contributed by atoms with Gasteiger partial charge in [0.05, 0.1) is 20.2 Å². The standard InChI is InChI=1S/C21H26F3N9O2/c1-11-29-17-16(13(28-3)7-15(26)21(22,23)24)30-20(31-18(17)19(34)32(11)4)33-5-6-35-14(10-33)12(8-25)9-27-2/h7-9,14,26,28H,5-6,10,25H2,1-4H3/p+1/b12-8+,13-7-,26-15?,27-9?. The highest BCUT2D eigenvalue weighted by Crippen LogP contribution is 2.24. The summed E-state index contributed by atoms with van der Waals surface area (Å²) in [5.74, 6) is 0.462. The third-order valence-corrected chi connectivity index (χ3v) is 5.52. The van der Waals surface area contributed by atoms with Gasteiger partial charge in [-0.3, -0.25) is 19.8 Å². The van der Waals surface area contributed by atoms with Gasteiger partial charge in [0.1, 0.15) is 23.2 Å². The van der Waals surface area contributed by atoms with E-state index in [1.54, 1.807) is 25.1 Å². The first kappa shape index (κ1) is 26.0. The molecule has 1 saturated heterocycles. The van der Waals surface area contributed by atoms with Crippen molar-refractivity contribution < 1.29 is 23.2 Å². The predicted molar refractivity (Wildman–Crippen MR) is 126 cm³/mol. The summed E-state index contributed by atoms with van der Waals surface area (Å²) < 4.78 is 46.4. The second-order valence-corrected chi connectivity index (χ2v) is 7.75. The van der Waals surface area contributed by atoms with Gasteiger partial charge < -0.3 is 20.7 Å². The summed E-state index contributed by atoms with van der Waals surface area (Å²) in [6, 6.07) is 0. The number of rotatable bonds is 6. The van der Waals surface area contributed by atoms with Crippen molar-refractivity contribution in [2.75, 3.05) is 38.7 Å². The zero-order valence-electron chi connectivity index (χ0n) is 19.7. The molecule has 2 aromatic heterocycles. The van der Waals surface area contributed by atoms with Crippen molar-refractivity contribution in [1.82, 2.24) is 19.5 Å². The molecule has 0 amide bonds. The summed E-state index contributed by atoms with van der Waals surface area (Å²) in [6.07, 6.45) is -1.69. The minimum Gasteiger partial charge on any atom is -0.404 e. The molecule has 2 aromatic rings. The second kappa shape index (κ2) is 10.3. The minimum absolute atomic E-state index is 0.00778. The number of nitrogens with two attached hydrogens (primary N) is 2. The Bertz CT molecular complexity index is 1280. The first-order chi connectivity index (χ1) is 16.5. The fourth-order valence-electron chi connectivity index (χ4n) is 3.52. The molecular formula is C21H27F3N9O2+. The molecule has 0 bridgehead atoms. The van der Waals surface area contributed by atoms with Gasteiger partial charge in [-0.15, -0.1) is 0 Å². The zero-order chi connectivity index (χ0) is 25.9. The fourth-order valence-corrected chi connectivity index (χ4v) is 3.52. The molecule has 11 nitrogen and oxygen atoms in total. The summed E-state index contributed by atoms with van der Waals surface area (Å²) >= 11 is 0. The van der Waals surface area contributed by atoms with E-state index < -0.39 is 23.6 Å². The number of aliphatic imine (C=N–C) groups is 1. The van der Waals surface area contributed by atoms with Crippen LogP contribution in [0.5, 0.6) is 0 Å². The van der Waals surface area contributed by atoms with Crippen molar-refractivity contribution in [2.45, 2.75) is 19.2 Å². The third kappa shape index (κ3) is 5.38. The van der Waals surface area contributed by atoms with Gasteiger partial charge in [-0.1, -0.05) is 0 Å². The number of hydrogen-bond acceptors (Lipinski definition) is 9. The van der Waals surface area contributed by atoms with E-state index >= 15 is 0 Å². The van der Waals surface area contributed by atoms with E-state index in [2.05, 4.69) is 19.9 Å². The summed E-state index contributed by atoms with van der Waals surface area (Å²) in [6.45, 7) is 2.53. The Hall–Kier alpha value is -3.65. The molecule has 3 heterocycles. The van der Waals surface area contributed by atoms with E-state index in [4.69, 9.17) is 15.9 Å². The van der Waals surface area contributed by atoms with E-state index in [9.17, 15) is 18.0 Å². The molecule has 35 heavy (non-hydrogen) atoms. The molecule has 3 rings (SSSR count). The molecule has 0 radical (unpaired) electrons. The Morgan fingerprint density at radius 1 is 1.31 bits per heavy atom. The zero-order valence-corrected chi connectivity index (χ0v) is 19.7. The molecule has 1 unspecified atom stereocenters. The molecule has 0 spiro atoms. The molecule has 1 fully saturated rings. The van der Waals surface area contributed by atoms with Gasteiger partial charge in [0, 0.05) is 44.7 Å². The second-order valence-electron chi connectivity index (χ2n) is 7.75. The van der Waals surface area contributed by atoms with Gasteiger partial charge >= 0.3 is 6.18 Å². The summed E-state index contributed by atoms with van der Waals surface area (Å²) in [5, 5.41) is 8.81. The van der Waals surface area contributed by atoms with Crippen molar-refractivity contribution in [3.05, 3.63) is 39.7 Å². The lowest BCUT2D eigenvalue weighted by molar-refractivity contribution is -0.530. The van der Waals surface area contributed by atoms with Crippen LogP contribution in [0, 0.1) is 12.3 Å². The fraction of sp³-hybridized carbons (Fsp3) is 0.429. The maximum absolute atomic E-state index is 13.1. The molecule has 1 aliphatic heterocycles. The number of nitrogens with one attached hydrogen (secondary N) is 1. The Balaban J connectivity index is 2.22. The maximum atomic E-state index is 13.1. The molecule has 0 aromatic carbocycles. The number of anilines is 1. The Kier molecular flexibility index (Phi) is 7.65. The molecule has 1 atom stereocenters. The van der Waals surface area contributed by atoms with Gasteiger partial charge in [-0.25, -0.2) is 15.0 Å². The van der Waals surface area contributed by atoms with Gasteiger partial charge in [-0.2, -0.15) is 13.2 Å². The Labute approximate surface area is 198 Å². The van der Waals surface area contributed by atoms with Crippen LogP contribution in [0.3, 0.4) is 0 Å². The maximum Gasteiger partial charge on any atom is 0.432 e. The monoisotopic (exact) mass is 494 g/mol. The molecule has 188 valence electrons. The van der Waals surface area contributed by atoms with Crippen LogP contribution in [-0.4, -0.2) is 77.5 Å². The van der Waals surface area contributed by atoms with Gasteiger partial charge in [0.15, 0.2) is 16.9 Å². The van der Waals surface area contributed by atoms with Crippen LogP contribution in [0.4, 0.5) is 19.1 Å². The molecular weight excluding hydrogens is 467 g/mol. The molecule has 14 heteroatoms.